The smallest absolute Gasteiger partial charge is 0.162 e. The zero-order chi connectivity index (χ0) is 11.2. The summed E-state index contributed by atoms with van der Waals surface area (Å²) in [7, 11) is 0. The van der Waals surface area contributed by atoms with Gasteiger partial charge in [-0.25, -0.2) is 0 Å². The van der Waals surface area contributed by atoms with E-state index in [-0.39, 0.29) is 0 Å². The molecule has 0 bridgehead atoms. The van der Waals surface area contributed by atoms with E-state index in [1.807, 2.05) is 17.8 Å². The lowest BCUT2D eigenvalue weighted by Crippen LogP contribution is -2.15. The molecule has 2 rings (SSSR count). The molecule has 16 heavy (non-hydrogen) atoms. The Kier molecular flexibility index (Phi) is 4.72. The summed E-state index contributed by atoms with van der Waals surface area (Å²) in [5.74, 6) is 3.86. The first kappa shape index (κ1) is 12.0. The average molecular weight is 256 g/mol. The molecule has 0 atom stereocenters. The topological polar surface area (TPSA) is 18.5 Å². The Labute approximate surface area is 106 Å². The average Bonchev–Trinajstić information content (AvgIpc) is 2.34. The number of ether oxygens (including phenoxy) is 2. The minimum Gasteiger partial charge on any atom is -0.486 e. The van der Waals surface area contributed by atoms with Crippen LogP contribution in [-0.2, 0) is 0 Å². The summed E-state index contributed by atoms with van der Waals surface area (Å²) < 4.78 is 11.0. The van der Waals surface area contributed by atoms with Gasteiger partial charge < -0.3 is 9.47 Å². The van der Waals surface area contributed by atoms with Crippen molar-refractivity contribution in [1.82, 2.24) is 0 Å². The second-order valence-electron chi connectivity index (χ2n) is 3.58. The summed E-state index contributed by atoms with van der Waals surface area (Å²) in [6.07, 6.45) is 2.39. The van der Waals surface area contributed by atoms with Crippen LogP contribution in [-0.4, -0.2) is 24.7 Å². The van der Waals surface area contributed by atoms with Crippen LogP contribution >= 0.6 is 24.4 Å². The Morgan fingerprint density at radius 2 is 1.94 bits per heavy atom. The first-order valence-electron chi connectivity index (χ1n) is 5.53. The van der Waals surface area contributed by atoms with E-state index in [4.69, 9.17) is 9.47 Å². The minimum atomic E-state index is 0.654. The van der Waals surface area contributed by atoms with Crippen molar-refractivity contribution < 1.29 is 9.47 Å². The number of rotatable bonds is 5. The molecule has 4 heteroatoms. The Balaban J connectivity index is 1.90. The molecule has 88 valence electrons. The van der Waals surface area contributed by atoms with Crippen LogP contribution in [0.25, 0.3) is 0 Å². The molecule has 2 nitrogen and oxygen atoms in total. The summed E-state index contributed by atoms with van der Waals surface area (Å²) >= 11 is 6.06. The third-order valence-electron chi connectivity index (χ3n) is 2.33. The van der Waals surface area contributed by atoms with Gasteiger partial charge in [0.15, 0.2) is 11.5 Å². The zero-order valence-electron chi connectivity index (χ0n) is 9.15. The predicted molar refractivity (Wildman–Crippen MR) is 71.2 cm³/mol. The van der Waals surface area contributed by atoms with Crippen LogP contribution in [0.2, 0.25) is 0 Å². The van der Waals surface area contributed by atoms with Crippen molar-refractivity contribution in [3.05, 3.63) is 18.2 Å². The van der Waals surface area contributed by atoms with Gasteiger partial charge in [-0.15, -0.1) is 11.8 Å². The monoisotopic (exact) mass is 256 g/mol. The standard InChI is InChI=1S/C12H16O2S2/c15-7-1-2-8-16-10-3-4-11-12(9-10)14-6-5-13-11/h3-4,9,15H,1-2,5-8H2. The Morgan fingerprint density at radius 1 is 1.12 bits per heavy atom. The molecule has 0 saturated carbocycles. The molecule has 0 amide bonds. The van der Waals surface area contributed by atoms with Crippen LogP contribution in [0.3, 0.4) is 0 Å². The first-order chi connectivity index (χ1) is 7.90. The SMILES string of the molecule is SCCCCSc1ccc2c(c1)OCCO2. The highest BCUT2D eigenvalue weighted by atomic mass is 32.2. The van der Waals surface area contributed by atoms with E-state index in [1.54, 1.807) is 0 Å². The van der Waals surface area contributed by atoms with Gasteiger partial charge in [0.2, 0.25) is 0 Å². The van der Waals surface area contributed by atoms with Gasteiger partial charge in [0.05, 0.1) is 0 Å². The van der Waals surface area contributed by atoms with Gasteiger partial charge in [0.1, 0.15) is 13.2 Å². The zero-order valence-corrected chi connectivity index (χ0v) is 10.9. The van der Waals surface area contributed by atoms with Crippen molar-refractivity contribution in [2.45, 2.75) is 17.7 Å². The largest absolute Gasteiger partial charge is 0.486 e. The molecule has 0 aromatic heterocycles. The fourth-order valence-corrected chi connectivity index (χ4v) is 2.68. The Morgan fingerprint density at radius 3 is 2.75 bits per heavy atom. The summed E-state index contributed by atoms with van der Waals surface area (Å²) in [5, 5.41) is 0. The summed E-state index contributed by atoms with van der Waals surface area (Å²) in [6.45, 7) is 1.31. The fraction of sp³-hybridized carbons (Fsp3) is 0.500. The fourth-order valence-electron chi connectivity index (χ4n) is 1.52. The van der Waals surface area contributed by atoms with Crippen LogP contribution < -0.4 is 9.47 Å². The molecule has 0 unspecified atom stereocenters. The third-order valence-corrected chi connectivity index (χ3v) is 3.73. The quantitative estimate of drug-likeness (QED) is 0.495. The number of unbranched alkanes of at least 4 members (excludes halogenated alkanes) is 1. The van der Waals surface area contributed by atoms with E-state index < -0.39 is 0 Å². The molecular formula is C12H16O2S2. The summed E-state index contributed by atoms with van der Waals surface area (Å²) in [5.41, 5.74) is 0. The highest BCUT2D eigenvalue weighted by Gasteiger charge is 2.11. The van der Waals surface area contributed by atoms with Gasteiger partial charge in [-0.3, -0.25) is 0 Å². The van der Waals surface area contributed by atoms with E-state index in [1.165, 1.54) is 17.7 Å². The Hall–Kier alpha value is -0.480. The maximum absolute atomic E-state index is 5.54. The second-order valence-corrected chi connectivity index (χ2v) is 5.20. The van der Waals surface area contributed by atoms with E-state index in [2.05, 4.69) is 24.8 Å². The van der Waals surface area contributed by atoms with E-state index in [0.717, 1.165) is 23.0 Å². The van der Waals surface area contributed by atoms with Crippen molar-refractivity contribution in [3.63, 3.8) is 0 Å². The normalized spacial score (nSPS) is 13.8. The lowest BCUT2D eigenvalue weighted by Gasteiger charge is -2.18. The highest BCUT2D eigenvalue weighted by molar-refractivity contribution is 7.99. The predicted octanol–water partition coefficient (Wildman–Crippen LogP) is 3.26. The lowest BCUT2D eigenvalue weighted by atomic mass is 10.3. The van der Waals surface area contributed by atoms with Crippen molar-refractivity contribution in [3.8, 4) is 11.5 Å². The number of hydrogen-bond acceptors (Lipinski definition) is 4. The van der Waals surface area contributed by atoms with Gasteiger partial charge in [0, 0.05) is 4.90 Å². The van der Waals surface area contributed by atoms with Crippen molar-refractivity contribution in [2.75, 3.05) is 24.7 Å². The maximum atomic E-state index is 5.54. The Bertz CT molecular complexity index is 342. The number of thioether (sulfide) groups is 1. The van der Waals surface area contributed by atoms with Gasteiger partial charge in [-0.05, 0) is 42.5 Å². The van der Waals surface area contributed by atoms with Crippen LogP contribution in [0.4, 0.5) is 0 Å². The van der Waals surface area contributed by atoms with Crippen molar-refractivity contribution in [1.29, 1.82) is 0 Å². The van der Waals surface area contributed by atoms with Crippen molar-refractivity contribution in [2.24, 2.45) is 0 Å². The van der Waals surface area contributed by atoms with Crippen LogP contribution in [0.15, 0.2) is 23.1 Å². The van der Waals surface area contributed by atoms with E-state index in [0.29, 0.717) is 13.2 Å². The molecule has 1 aliphatic heterocycles. The molecule has 0 N–H and O–H groups in total. The molecular weight excluding hydrogens is 240 g/mol. The molecule has 1 heterocycles. The molecule has 0 aliphatic carbocycles. The van der Waals surface area contributed by atoms with Gasteiger partial charge in [-0.2, -0.15) is 12.6 Å². The van der Waals surface area contributed by atoms with Crippen LogP contribution in [0.5, 0.6) is 11.5 Å². The highest BCUT2D eigenvalue weighted by Crippen LogP contribution is 2.34. The van der Waals surface area contributed by atoms with E-state index in [9.17, 15) is 0 Å². The molecule has 1 aromatic carbocycles. The molecule has 1 aliphatic rings. The van der Waals surface area contributed by atoms with Crippen molar-refractivity contribution >= 4 is 24.4 Å². The summed E-state index contributed by atoms with van der Waals surface area (Å²) in [4.78, 5) is 1.25. The first-order valence-corrected chi connectivity index (χ1v) is 7.15. The summed E-state index contributed by atoms with van der Waals surface area (Å²) in [6, 6.07) is 6.16. The van der Waals surface area contributed by atoms with Crippen LogP contribution in [0, 0.1) is 0 Å². The van der Waals surface area contributed by atoms with Gasteiger partial charge in [0.25, 0.3) is 0 Å². The van der Waals surface area contributed by atoms with Crippen LogP contribution in [0.1, 0.15) is 12.8 Å². The molecule has 1 aromatic rings. The minimum absolute atomic E-state index is 0.654. The van der Waals surface area contributed by atoms with Gasteiger partial charge >= 0.3 is 0 Å². The maximum Gasteiger partial charge on any atom is 0.162 e. The second kappa shape index (κ2) is 6.30. The number of hydrogen-bond donors (Lipinski definition) is 1. The number of thiol groups is 1. The number of fused-ring (bicyclic) bond motifs is 1. The molecule has 0 spiro atoms. The molecule has 0 fully saturated rings. The number of benzene rings is 1. The molecule has 0 radical (unpaired) electrons. The lowest BCUT2D eigenvalue weighted by molar-refractivity contribution is 0.171. The third kappa shape index (κ3) is 3.25. The molecule has 0 saturated heterocycles. The van der Waals surface area contributed by atoms with E-state index >= 15 is 0 Å². The van der Waals surface area contributed by atoms with Gasteiger partial charge in [-0.1, -0.05) is 0 Å².